The molecule has 3 aromatic heterocycles. The van der Waals surface area contributed by atoms with Gasteiger partial charge in [-0.25, -0.2) is 4.98 Å². The van der Waals surface area contributed by atoms with Gasteiger partial charge in [-0.15, -0.1) is 11.3 Å². The Morgan fingerprint density at radius 2 is 1.86 bits per heavy atom. The number of imidazole rings is 1. The molecule has 29 heavy (non-hydrogen) atoms. The van der Waals surface area contributed by atoms with E-state index in [4.69, 9.17) is 4.98 Å². The van der Waals surface area contributed by atoms with E-state index >= 15 is 0 Å². The van der Waals surface area contributed by atoms with Crippen LogP contribution in [0.4, 0.5) is 0 Å². The predicted octanol–water partition coefficient (Wildman–Crippen LogP) is 5.38. The Balaban J connectivity index is 1.40. The molecule has 0 radical (unpaired) electrons. The first-order chi connectivity index (χ1) is 14.2. The number of likely N-dealkylation sites (tertiary alicyclic amines) is 1. The molecule has 0 atom stereocenters. The van der Waals surface area contributed by atoms with Crippen molar-refractivity contribution in [3.8, 4) is 11.3 Å². The second kappa shape index (κ2) is 7.73. The summed E-state index contributed by atoms with van der Waals surface area (Å²) in [6.45, 7) is 5.53. The molecule has 0 spiro atoms. The first-order valence-corrected chi connectivity index (χ1v) is 11.1. The molecule has 0 N–H and O–H groups in total. The molecule has 1 aromatic carbocycles. The number of piperidine rings is 1. The molecule has 0 bridgehead atoms. The summed E-state index contributed by atoms with van der Waals surface area (Å²) in [5.74, 6) is 0.512. The molecule has 0 saturated carbocycles. The number of hydrogen-bond donors (Lipinski definition) is 0. The Labute approximate surface area is 175 Å². The van der Waals surface area contributed by atoms with Crippen LogP contribution >= 0.6 is 11.3 Å². The van der Waals surface area contributed by atoms with Crippen molar-refractivity contribution in [1.29, 1.82) is 0 Å². The van der Waals surface area contributed by atoms with Crippen LogP contribution in [0.15, 0.2) is 54.9 Å². The first kappa shape index (κ1) is 18.5. The average Bonchev–Trinajstić information content (AvgIpc) is 3.34. The highest BCUT2D eigenvalue weighted by molar-refractivity contribution is 7.11. The van der Waals surface area contributed by atoms with Gasteiger partial charge in [-0.1, -0.05) is 30.3 Å². The van der Waals surface area contributed by atoms with Gasteiger partial charge >= 0.3 is 0 Å². The van der Waals surface area contributed by atoms with Crippen molar-refractivity contribution in [3.63, 3.8) is 0 Å². The molecule has 5 heteroatoms. The molecule has 5 rings (SSSR count). The highest BCUT2D eigenvalue weighted by Crippen LogP contribution is 2.33. The third kappa shape index (κ3) is 3.72. The van der Waals surface area contributed by atoms with E-state index in [1.54, 1.807) is 0 Å². The van der Waals surface area contributed by atoms with E-state index in [0.29, 0.717) is 5.92 Å². The number of nitrogens with zero attached hydrogens (tertiary/aromatic N) is 4. The fourth-order valence-corrected chi connectivity index (χ4v) is 5.26. The van der Waals surface area contributed by atoms with Crippen LogP contribution in [0.1, 0.15) is 34.2 Å². The summed E-state index contributed by atoms with van der Waals surface area (Å²) in [4.78, 5) is 15.2. The Bertz CT molecular complexity index is 1120. The van der Waals surface area contributed by atoms with Gasteiger partial charge in [-0.3, -0.25) is 9.88 Å². The minimum absolute atomic E-state index is 0.512. The zero-order valence-corrected chi connectivity index (χ0v) is 17.8. The van der Waals surface area contributed by atoms with E-state index in [2.05, 4.69) is 70.9 Å². The van der Waals surface area contributed by atoms with Crippen LogP contribution < -0.4 is 0 Å². The minimum Gasteiger partial charge on any atom is -0.334 e. The summed E-state index contributed by atoms with van der Waals surface area (Å²) >= 11 is 1.92. The number of aryl methyl sites for hydroxylation is 2. The monoisotopic (exact) mass is 402 g/mol. The Morgan fingerprint density at radius 1 is 1.07 bits per heavy atom. The zero-order valence-electron chi connectivity index (χ0n) is 17.0. The van der Waals surface area contributed by atoms with Crippen molar-refractivity contribution in [2.75, 3.05) is 13.1 Å². The summed E-state index contributed by atoms with van der Waals surface area (Å²) in [5, 5.41) is 0. The van der Waals surface area contributed by atoms with Crippen LogP contribution in [-0.4, -0.2) is 32.5 Å². The van der Waals surface area contributed by atoms with E-state index in [1.165, 1.54) is 21.0 Å². The molecule has 1 fully saturated rings. The number of rotatable bonds is 4. The molecule has 1 saturated heterocycles. The standard InChI is InChI=1S/C24H26N4S/c1-17-8-9-20(29-17)15-28-12-10-18(11-13-28)21-14-22-24(25-16-27(22)2)23(26-21)19-6-4-3-5-7-19/h3-9,14,16,18H,10-13,15H2,1-2H3. The van der Waals surface area contributed by atoms with Gasteiger partial charge in [0.05, 0.1) is 17.5 Å². The summed E-state index contributed by atoms with van der Waals surface area (Å²) in [6, 6.07) is 17.2. The molecule has 0 unspecified atom stereocenters. The van der Waals surface area contributed by atoms with Gasteiger partial charge in [0.1, 0.15) is 5.52 Å². The predicted molar refractivity (Wildman–Crippen MR) is 120 cm³/mol. The van der Waals surface area contributed by atoms with Gasteiger partial charge in [0, 0.05) is 40.5 Å². The molecular weight excluding hydrogens is 376 g/mol. The fraction of sp³-hybridized carbons (Fsp3) is 0.333. The molecule has 1 aliphatic rings. The number of benzene rings is 1. The van der Waals surface area contributed by atoms with Gasteiger partial charge in [0.15, 0.2) is 0 Å². The van der Waals surface area contributed by atoms with Crippen LogP contribution in [-0.2, 0) is 13.6 Å². The summed E-state index contributed by atoms with van der Waals surface area (Å²) < 4.78 is 2.11. The quantitative estimate of drug-likeness (QED) is 0.459. The SMILES string of the molecule is Cc1ccc(CN2CCC(c3cc4c(ncn4C)c(-c4ccccc4)n3)CC2)s1. The number of fused-ring (bicyclic) bond motifs is 1. The van der Waals surface area contributed by atoms with Crippen LogP contribution in [0, 0.1) is 6.92 Å². The van der Waals surface area contributed by atoms with Crippen molar-refractivity contribution < 1.29 is 0 Å². The summed E-state index contributed by atoms with van der Waals surface area (Å²) in [5.41, 5.74) is 5.53. The van der Waals surface area contributed by atoms with Gasteiger partial charge < -0.3 is 4.57 Å². The van der Waals surface area contributed by atoms with E-state index in [1.807, 2.05) is 23.7 Å². The van der Waals surface area contributed by atoms with E-state index < -0.39 is 0 Å². The average molecular weight is 403 g/mol. The van der Waals surface area contributed by atoms with Crippen molar-refractivity contribution in [2.24, 2.45) is 7.05 Å². The Kier molecular flexibility index (Phi) is 4.94. The molecule has 0 amide bonds. The Hall–Kier alpha value is -2.50. The Morgan fingerprint density at radius 3 is 2.59 bits per heavy atom. The molecule has 1 aliphatic heterocycles. The lowest BCUT2D eigenvalue weighted by atomic mass is 9.92. The zero-order chi connectivity index (χ0) is 19.8. The second-order valence-corrected chi connectivity index (χ2v) is 9.42. The minimum atomic E-state index is 0.512. The molecule has 4 aromatic rings. The number of thiophene rings is 1. The number of aromatic nitrogens is 3. The lowest BCUT2D eigenvalue weighted by Gasteiger charge is -2.31. The van der Waals surface area contributed by atoms with Gasteiger partial charge in [0.25, 0.3) is 0 Å². The lowest BCUT2D eigenvalue weighted by Crippen LogP contribution is -2.32. The fourth-order valence-electron chi connectivity index (χ4n) is 4.33. The van der Waals surface area contributed by atoms with Crippen LogP contribution in [0.2, 0.25) is 0 Å². The molecule has 4 heterocycles. The maximum atomic E-state index is 5.13. The highest BCUT2D eigenvalue weighted by Gasteiger charge is 2.24. The maximum absolute atomic E-state index is 5.13. The second-order valence-electron chi connectivity index (χ2n) is 8.05. The third-order valence-corrected chi connectivity index (χ3v) is 6.95. The topological polar surface area (TPSA) is 34.0 Å². The van der Waals surface area contributed by atoms with Crippen molar-refractivity contribution in [2.45, 2.75) is 32.2 Å². The van der Waals surface area contributed by atoms with Crippen molar-refractivity contribution in [3.05, 3.63) is 70.3 Å². The third-order valence-electron chi connectivity index (χ3n) is 5.96. The first-order valence-electron chi connectivity index (χ1n) is 10.3. The summed E-state index contributed by atoms with van der Waals surface area (Å²) in [7, 11) is 2.07. The molecular formula is C24H26N4S. The van der Waals surface area contributed by atoms with Crippen molar-refractivity contribution in [1.82, 2.24) is 19.4 Å². The molecule has 4 nitrogen and oxygen atoms in total. The lowest BCUT2D eigenvalue weighted by molar-refractivity contribution is 0.205. The van der Waals surface area contributed by atoms with Gasteiger partial charge in [0.2, 0.25) is 0 Å². The van der Waals surface area contributed by atoms with Gasteiger partial charge in [-0.2, -0.15) is 0 Å². The normalized spacial score (nSPS) is 15.9. The summed E-state index contributed by atoms with van der Waals surface area (Å²) in [6.07, 6.45) is 4.22. The van der Waals surface area contributed by atoms with Gasteiger partial charge in [-0.05, 0) is 51.1 Å². The smallest absolute Gasteiger partial charge is 0.115 e. The van der Waals surface area contributed by atoms with Crippen LogP contribution in [0.3, 0.4) is 0 Å². The largest absolute Gasteiger partial charge is 0.334 e. The van der Waals surface area contributed by atoms with Crippen molar-refractivity contribution >= 4 is 22.4 Å². The molecule has 148 valence electrons. The molecule has 0 aliphatic carbocycles. The van der Waals surface area contributed by atoms with Crippen LogP contribution in [0.5, 0.6) is 0 Å². The van der Waals surface area contributed by atoms with E-state index in [0.717, 1.165) is 49.2 Å². The highest BCUT2D eigenvalue weighted by atomic mass is 32.1. The van der Waals surface area contributed by atoms with Crippen LogP contribution in [0.25, 0.3) is 22.3 Å². The van der Waals surface area contributed by atoms with E-state index in [-0.39, 0.29) is 0 Å². The number of hydrogen-bond acceptors (Lipinski definition) is 4. The number of pyridine rings is 1. The maximum Gasteiger partial charge on any atom is 0.115 e. The van der Waals surface area contributed by atoms with E-state index in [9.17, 15) is 0 Å².